The summed E-state index contributed by atoms with van der Waals surface area (Å²) < 4.78 is 3.47. The van der Waals surface area contributed by atoms with E-state index in [1.165, 1.54) is 54.4 Å². The van der Waals surface area contributed by atoms with Crippen molar-refractivity contribution in [3.8, 4) is 0 Å². The standard InChI is InChI=1S/2C13H21N2/c1-11(2)15-9-4-6-12(10-15)13-7-5-8-14(13)3;1-11(2)15(3)9-5-7-13(15)12-6-4-8-14-10-12/h4,6,9-11,13H,5,7-8H2,1-3H3;4,6,8,10-11,13H,5,7,9H2,1-3H3/q2*+1/t13-;13-,15?/m00/s1. The number of pyridine rings is 2. The smallest absolute Gasteiger partial charge is 0.173 e. The Labute approximate surface area is 184 Å². The number of rotatable bonds is 4. The van der Waals surface area contributed by atoms with Gasteiger partial charge in [0.05, 0.1) is 19.6 Å². The molecule has 2 aliphatic heterocycles. The number of likely N-dealkylation sites (tertiary alicyclic amines) is 2. The first-order valence-electron chi connectivity index (χ1n) is 11.8. The van der Waals surface area contributed by atoms with Crippen molar-refractivity contribution in [1.29, 1.82) is 0 Å². The quantitative estimate of drug-likeness (QED) is 0.517. The van der Waals surface area contributed by atoms with E-state index in [1.54, 1.807) is 0 Å². The Morgan fingerprint density at radius 1 is 1.07 bits per heavy atom. The van der Waals surface area contributed by atoms with E-state index in [9.17, 15) is 0 Å². The van der Waals surface area contributed by atoms with E-state index < -0.39 is 0 Å². The summed E-state index contributed by atoms with van der Waals surface area (Å²) in [7, 11) is 4.61. The average molecular weight is 411 g/mol. The number of aromatic nitrogens is 2. The molecule has 30 heavy (non-hydrogen) atoms. The predicted molar refractivity (Wildman–Crippen MR) is 124 cm³/mol. The van der Waals surface area contributed by atoms with E-state index in [-0.39, 0.29) is 0 Å². The molecule has 4 nitrogen and oxygen atoms in total. The van der Waals surface area contributed by atoms with Crippen molar-refractivity contribution in [1.82, 2.24) is 9.88 Å². The summed E-state index contributed by atoms with van der Waals surface area (Å²) in [6.07, 6.45) is 13.6. The Hall–Kier alpha value is -1.78. The lowest BCUT2D eigenvalue weighted by Gasteiger charge is -2.40. The molecule has 164 valence electrons. The molecule has 2 fully saturated rings. The molecule has 4 heteroatoms. The molecule has 0 spiro atoms. The Kier molecular flexibility index (Phi) is 7.65. The molecule has 0 aliphatic carbocycles. The third-order valence-corrected chi connectivity index (χ3v) is 7.42. The molecule has 1 unspecified atom stereocenters. The van der Waals surface area contributed by atoms with Gasteiger partial charge < -0.3 is 4.48 Å². The fourth-order valence-electron chi connectivity index (χ4n) is 5.14. The third-order valence-electron chi connectivity index (χ3n) is 7.42. The normalized spacial score (nSPS) is 26.8. The topological polar surface area (TPSA) is 20.0 Å². The van der Waals surface area contributed by atoms with Crippen LogP contribution < -0.4 is 4.57 Å². The van der Waals surface area contributed by atoms with E-state index in [4.69, 9.17) is 0 Å². The van der Waals surface area contributed by atoms with Gasteiger partial charge in [-0.2, -0.15) is 0 Å². The largest absolute Gasteiger partial charge is 0.318 e. The monoisotopic (exact) mass is 410 g/mol. The zero-order chi connectivity index (χ0) is 21.7. The van der Waals surface area contributed by atoms with Crippen molar-refractivity contribution in [2.75, 3.05) is 27.2 Å². The molecule has 0 N–H and O–H groups in total. The van der Waals surface area contributed by atoms with Crippen molar-refractivity contribution in [3.63, 3.8) is 0 Å². The van der Waals surface area contributed by atoms with Gasteiger partial charge in [-0.3, -0.25) is 9.88 Å². The number of nitrogens with zero attached hydrogens (tertiary/aromatic N) is 4. The van der Waals surface area contributed by atoms with Crippen molar-refractivity contribution >= 4 is 0 Å². The van der Waals surface area contributed by atoms with E-state index in [2.05, 4.69) is 92.9 Å². The number of quaternary nitrogens is 1. The van der Waals surface area contributed by atoms with Crippen molar-refractivity contribution in [2.45, 2.75) is 77.5 Å². The van der Waals surface area contributed by atoms with Crippen LogP contribution in [0.5, 0.6) is 0 Å². The summed E-state index contributed by atoms with van der Waals surface area (Å²) in [6, 6.07) is 11.2. The maximum Gasteiger partial charge on any atom is 0.173 e. The van der Waals surface area contributed by atoms with E-state index in [0.717, 1.165) is 0 Å². The molecule has 3 atom stereocenters. The van der Waals surface area contributed by atoms with Crippen molar-refractivity contribution < 1.29 is 9.05 Å². The minimum atomic E-state index is 0.552. The lowest BCUT2D eigenvalue weighted by molar-refractivity contribution is -0.946. The van der Waals surface area contributed by atoms with Crippen LogP contribution in [0.3, 0.4) is 0 Å². The van der Waals surface area contributed by atoms with Crippen LogP contribution in [0.15, 0.2) is 49.1 Å². The van der Waals surface area contributed by atoms with Crippen LogP contribution in [0.1, 0.15) is 82.6 Å². The molecule has 2 saturated heterocycles. The van der Waals surface area contributed by atoms with Gasteiger partial charge in [0.15, 0.2) is 18.4 Å². The second-order valence-corrected chi connectivity index (χ2v) is 9.93. The van der Waals surface area contributed by atoms with Crippen LogP contribution in [-0.4, -0.2) is 47.6 Å². The summed E-state index contributed by atoms with van der Waals surface area (Å²) in [5.74, 6) is 0. The summed E-state index contributed by atoms with van der Waals surface area (Å²) in [5.41, 5.74) is 2.87. The van der Waals surface area contributed by atoms with Gasteiger partial charge in [0.1, 0.15) is 6.04 Å². The summed E-state index contributed by atoms with van der Waals surface area (Å²) in [6.45, 7) is 11.6. The number of hydrogen-bond acceptors (Lipinski definition) is 2. The molecule has 2 aliphatic rings. The second kappa shape index (κ2) is 10.0. The third kappa shape index (κ3) is 5.09. The fraction of sp³-hybridized carbons (Fsp3) is 0.615. The van der Waals surface area contributed by atoms with Crippen LogP contribution in [0, 0.1) is 0 Å². The maximum atomic E-state index is 4.24. The highest BCUT2D eigenvalue weighted by Crippen LogP contribution is 2.39. The Morgan fingerprint density at radius 3 is 2.43 bits per heavy atom. The number of hydrogen-bond donors (Lipinski definition) is 0. The maximum absolute atomic E-state index is 4.24. The first-order chi connectivity index (χ1) is 14.3. The van der Waals surface area contributed by atoms with Gasteiger partial charge in [-0.1, -0.05) is 6.07 Å². The SMILES string of the molecule is CC(C)[N+]1(C)CCC[C@H]1c1cccnc1.CC(C)[n+]1cccc([C@@H]2CCCN2C)c1. The predicted octanol–water partition coefficient (Wildman–Crippen LogP) is 5.09. The molecule has 4 heterocycles. The molecular formula is C26H42N4+2. The van der Waals surface area contributed by atoms with Gasteiger partial charge in [0, 0.05) is 48.5 Å². The van der Waals surface area contributed by atoms with Crippen LogP contribution in [0.2, 0.25) is 0 Å². The zero-order valence-electron chi connectivity index (χ0n) is 20.0. The molecule has 2 aromatic rings. The first-order valence-corrected chi connectivity index (χ1v) is 11.8. The van der Waals surface area contributed by atoms with Gasteiger partial charge in [-0.05, 0) is 66.3 Å². The van der Waals surface area contributed by atoms with Crippen LogP contribution >= 0.6 is 0 Å². The minimum Gasteiger partial charge on any atom is -0.318 e. The molecule has 0 saturated carbocycles. The Bertz CT molecular complexity index is 789. The van der Waals surface area contributed by atoms with Crippen molar-refractivity contribution in [2.24, 2.45) is 0 Å². The van der Waals surface area contributed by atoms with Crippen molar-refractivity contribution in [3.05, 3.63) is 60.2 Å². The molecule has 0 aromatic carbocycles. The lowest BCUT2D eigenvalue weighted by atomic mass is 10.0. The minimum absolute atomic E-state index is 0.552. The van der Waals surface area contributed by atoms with Crippen LogP contribution in [-0.2, 0) is 0 Å². The average Bonchev–Trinajstić information content (AvgIpc) is 3.35. The summed E-state index contributed by atoms with van der Waals surface area (Å²) in [4.78, 5) is 6.70. The van der Waals surface area contributed by atoms with Crippen LogP contribution in [0.4, 0.5) is 0 Å². The highest BCUT2D eigenvalue weighted by Gasteiger charge is 2.41. The zero-order valence-corrected chi connectivity index (χ0v) is 20.0. The Morgan fingerprint density at radius 2 is 1.83 bits per heavy atom. The van der Waals surface area contributed by atoms with E-state index in [1.807, 2.05) is 12.4 Å². The fourth-order valence-corrected chi connectivity index (χ4v) is 5.14. The van der Waals surface area contributed by atoms with E-state index in [0.29, 0.717) is 24.2 Å². The molecule has 0 bridgehead atoms. The molecular weight excluding hydrogens is 368 g/mol. The highest BCUT2D eigenvalue weighted by atomic mass is 15.4. The summed E-state index contributed by atoms with van der Waals surface area (Å²) in [5, 5.41) is 0. The molecule has 0 amide bonds. The molecule has 4 rings (SSSR count). The highest BCUT2D eigenvalue weighted by molar-refractivity contribution is 5.13. The van der Waals surface area contributed by atoms with Gasteiger partial charge >= 0.3 is 0 Å². The molecule has 2 aromatic heterocycles. The lowest BCUT2D eigenvalue weighted by Crippen LogP contribution is -2.48. The Balaban J connectivity index is 0.000000171. The van der Waals surface area contributed by atoms with Gasteiger partial charge in [0.25, 0.3) is 0 Å². The van der Waals surface area contributed by atoms with Gasteiger partial charge in [-0.25, -0.2) is 4.57 Å². The van der Waals surface area contributed by atoms with Gasteiger partial charge in [0.2, 0.25) is 0 Å². The first kappa shape index (κ1) is 22.9. The van der Waals surface area contributed by atoms with E-state index >= 15 is 0 Å². The van der Waals surface area contributed by atoms with Crippen LogP contribution in [0.25, 0.3) is 0 Å². The van der Waals surface area contributed by atoms with Gasteiger partial charge in [-0.15, -0.1) is 0 Å². The molecule has 0 radical (unpaired) electrons. The second-order valence-electron chi connectivity index (χ2n) is 9.93. The summed E-state index contributed by atoms with van der Waals surface area (Å²) >= 11 is 0.